The SMILES string of the molecule is CC1(C)OB(c2ccc3c(c2)C(Oc2ccccc2CC(=O)O)CCC3)OC1(C)C. The number of rotatable bonds is 5. The molecule has 1 N–H and O–H groups in total. The van der Waals surface area contributed by atoms with Crippen LogP contribution in [0.2, 0.25) is 0 Å². The zero-order valence-electron chi connectivity index (χ0n) is 18.1. The van der Waals surface area contributed by atoms with E-state index in [1.54, 1.807) is 0 Å². The molecule has 4 rings (SSSR count). The van der Waals surface area contributed by atoms with Crippen LogP contribution in [0.15, 0.2) is 42.5 Å². The second-order valence-electron chi connectivity index (χ2n) is 9.22. The zero-order valence-corrected chi connectivity index (χ0v) is 18.1. The number of carboxylic acids is 1. The van der Waals surface area contributed by atoms with Crippen molar-refractivity contribution in [2.75, 3.05) is 0 Å². The van der Waals surface area contributed by atoms with E-state index in [4.69, 9.17) is 14.0 Å². The standard InChI is InChI=1S/C24H29BO5/c1-23(2)24(3,4)30-25(29-23)18-13-12-16-9-7-11-21(19(16)15-18)28-20-10-6-5-8-17(20)14-22(26)27/h5-6,8,10,12-13,15,21H,7,9,11,14H2,1-4H3,(H,26,27). The molecule has 0 saturated carbocycles. The van der Waals surface area contributed by atoms with Crippen molar-refractivity contribution in [1.82, 2.24) is 0 Å². The van der Waals surface area contributed by atoms with Crippen LogP contribution in [0.5, 0.6) is 5.75 Å². The smallest absolute Gasteiger partial charge is 0.485 e. The second-order valence-corrected chi connectivity index (χ2v) is 9.22. The van der Waals surface area contributed by atoms with Crippen LogP contribution in [0.1, 0.15) is 63.3 Å². The highest BCUT2D eigenvalue weighted by Gasteiger charge is 2.51. The highest BCUT2D eigenvalue weighted by atomic mass is 16.7. The summed E-state index contributed by atoms with van der Waals surface area (Å²) in [5.74, 6) is -0.225. The number of ether oxygens (including phenoxy) is 1. The molecule has 1 unspecified atom stereocenters. The van der Waals surface area contributed by atoms with Gasteiger partial charge in [-0.25, -0.2) is 0 Å². The van der Waals surface area contributed by atoms with Gasteiger partial charge < -0.3 is 19.2 Å². The van der Waals surface area contributed by atoms with Crippen LogP contribution in [-0.4, -0.2) is 29.4 Å². The molecule has 2 aromatic rings. The first-order valence-electron chi connectivity index (χ1n) is 10.6. The van der Waals surface area contributed by atoms with Crippen molar-refractivity contribution >= 4 is 18.6 Å². The van der Waals surface area contributed by atoms with Crippen molar-refractivity contribution in [3.63, 3.8) is 0 Å². The third-order valence-corrected chi connectivity index (χ3v) is 6.54. The highest BCUT2D eigenvalue weighted by molar-refractivity contribution is 6.62. The minimum Gasteiger partial charge on any atom is -0.485 e. The van der Waals surface area contributed by atoms with E-state index in [1.807, 2.05) is 24.3 Å². The number of para-hydroxylation sites is 1. The summed E-state index contributed by atoms with van der Waals surface area (Å²) in [7, 11) is -0.415. The van der Waals surface area contributed by atoms with Gasteiger partial charge in [-0.3, -0.25) is 4.79 Å². The minimum atomic E-state index is -0.863. The molecular formula is C24H29BO5. The van der Waals surface area contributed by atoms with Crippen LogP contribution in [0.25, 0.3) is 0 Å². The Bertz CT molecular complexity index is 936. The van der Waals surface area contributed by atoms with Crippen LogP contribution >= 0.6 is 0 Å². The summed E-state index contributed by atoms with van der Waals surface area (Å²) in [5, 5.41) is 9.21. The number of carbonyl (C=O) groups is 1. The third kappa shape index (κ3) is 3.99. The predicted molar refractivity (Wildman–Crippen MR) is 116 cm³/mol. The van der Waals surface area contributed by atoms with Gasteiger partial charge in [0.05, 0.1) is 17.6 Å². The van der Waals surface area contributed by atoms with Crippen molar-refractivity contribution in [3.8, 4) is 5.75 Å². The Morgan fingerprint density at radius 2 is 1.83 bits per heavy atom. The third-order valence-electron chi connectivity index (χ3n) is 6.54. The van der Waals surface area contributed by atoms with Crippen molar-refractivity contribution in [2.45, 2.75) is 70.7 Å². The average molecular weight is 408 g/mol. The first-order chi connectivity index (χ1) is 14.2. The van der Waals surface area contributed by atoms with Gasteiger partial charge in [0.2, 0.25) is 0 Å². The van der Waals surface area contributed by atoms with Crippen molar-refractivity contribution in [1.29, 1.82) is 0 Å². The van der Waals surface area contributed by atoms with Crippen molar-refractivity contribution < 1.29 is 23.9 Å². The van der Waals surface area contributed by atoms with Gasteiger partial charge in [0.15, 0.2) is 0 Å². The van der Waals surface area contributed by atoms with E-state index < -0.39 is 13.1 Å². The number of hydrogen-bond acceptors (Lipinski definition) is 4. The minimum absolute atomic E-state index is 0.0519. The fourth-order valence-electron chi connectivity index (χ4n) is 4.10. The molecule has 0 radical (unpaired) electrons. The molecule has 1 saturated heterocycles. The van der Waals surface area contributed by atoms with Crippen molar-refractivity contribution in [2.24, 2.45) is 0 Å². The second kappa shape index (κ2) is 7.75. The van der Waals surface area contributed by atoms with Gasteiger partial charge in [0, 0.05) is 5.56 Å². The Kier molecular flexibility index (Phi) is 5.41. The van der Waals surface area contributed by atoms with E-state index in [2.05, 4.69) is 45.9 Å². The molecule has 30 heavy (non-hydrogen) atoms. The van der Waals surface area contributed by atoms with Crippen molar-refractivity contribution in [3.05, 3.63) is 59.2 Å². The Morgan fingerprint density at radius 3 is 2.53 bits per heavy atom. The number of carboxylic acid groups (broad SMARTS) is 1. The normalized spacial score (nSPS) is 21.9. The quantitative estimate of drug-likeness (QED) is 0.756. The Balaban J connectivity index is 1.62. The highest BCUT2D eigenvalue weighted by Crippen LogP contribution is 2.38. The van der Waals surface area contributed by atoms with E-state index in [1.165, 1.54) is 5.56 Å². The summed E-state index contributed by atoms with van der Waals surface area (Å²) in [5.41, 5.74) is 3.31. The Morgan fingerprint density at radius 1 is 1.13 bits per heavy atom. The molecule has 1 aliphatic heterocycles. The van der Waals surface area contributed by atoms with E-state index in [9.17, 15) is 9.90 Å². The van der Waals surface area contributed by atoms with Gasteiger partial charge in [-0.15, -0.1) is 0 Å². The maximum Gasteiger partial charge on any atom is 0.494 e. The monoisotopic (exact) mass is 408 g/mol. The molecule has 158 valence electrons. The molecule has 1 aliphatic carbocycles. The summed E-state index contributed by atoms with van der Waals surface area (Å²) in [4.78, 5) is 11.2. The summed E-state index contributed by atoms with van der Waals surface area (Å²) in [6.45, 7) is 8.21. The summed E-state index contributed by atoms with van der Waals surface area (Å²) in [6.07, 6.45) is 2.76. The molecule has 2 aromatic carbocycles. The molecular weight excluding hydrogens is 379 g/mol. The number of fused-ring (bicyclic) bond motifs is 1. The summed E-state index contributed by atoms with van der Waals surface area (Å²) < 4.78 is 18.8. The number of aryl methyl sites for hydroxylation is 1. The Labute approximate surface area is 178 Å². The van der Waals surface area contributed by atoms with E-state index in [0.29, 0.717) is 11.3 Å². The number of aliphatic carboxylic acids is 1. The lowest BCUT2D eigenvalue weighted by Crippen LogP contribution is -2.41. The topological polar surface area (TPSA) is 65.0 Å². The van der Waals surface area contributed by atoms with Gasteiger partial charge in [0.25, 0.3) is 0 Å². The van der Waals surface area contributed by atoms with Crippen LogP contribution in [0.3, 0.4) is 0 Å². The van der Waals surface area contributed by atoms with Gasteiger partial charge in [-0.05, 0) is 69.6 Å². The molecule has 0 amide bonds. The van der Waals surface area contributed by atoms with Gasteiger partial charge in [-0.1, -0.05) is 36.4 Å². The molecule has 1 atom stereocenters. The maximum atomic E-state index is 11.2. The van der Waals surface area contributed by atoms with Gasteiger partial charge in [-0.2, -0.15) is 0 Å². The largest absolute Gasteiger partial charge is 0.494 e. The number of hydrogen-bond donors (Lipinski definition) is 1. The van der Waals surface area contributed by atoms with Crippen LogP contribution < -0.4 is 10.2 Å². The fourth-order valence-corrected chi connectivity index (χ4v) is 4.10. The van der Waals surface area contributed by atoms with Gasteiger partial charge >= 0.3 is 13.1 Å². The Hall–Kier alpha value is -2.31. The number of benzene rings is 2. The lowest BCUT2D eigenvalue weighted by atomic mass is 9.75. The predicted octanol–water partition coefficient (Wildman–Crippen LogP) is 4.07. The van der Waals surface area contributed by atoms with E-state index in [0.717, 1.165) is 30.3 Å². The molecule has 1 fully saturated rings. The fraction of sp³-hybridized carbons (Fsp3) is 0.458. The van der Waals surface area contributed by atoms with Gasteiger partial charge in [0.1, 0.15) is 11.9 Å². The van der Waals surface area contributed by atoms with E-state index >= 15 is 0 Å². The lowest BCUT2D eigenvalue weighted by molar-refractivity contribution is -0.136. The molecule has 2 aliphatic rings. The maximum absolute atomic E-state index is 11.2. The van der Waals surface area contributed by atoms with Crippen LogP contribution in [0, 0.1) is 0 Å². The average Bonchev–Trinajstić information content (AvgIpc) is 2.90. The molecule has 0 aromatic heterocycles. The van der Waals surface area contributed by atoms with Crippen LogP contribution in [-0.2, 0) is 26.9 Å². The summed E-state index contributed by atoms with van der Waals surface area (Å²) >= 11 is 0. The van der Waals surface area contributed by atoms with E-state index in [-0.39, 0.29) is 23.7 Å². The first-order valence-corrected chi connectivity index (χ1v) is 10.6. The zero-order chi connectivity index (χ0) is 21.5. The summed E-state index contributed by atoms with van der Waals surface area (Å²) in [6, 6.07) is 13.8. The lowest BCUT2D eigenvalue weighted by Gasteiger charge is -2.32. The molecule has 6 heteroatoms. The molecule has 0 spiro atoms. The first kappa shape index (κ1) is 20.9. The molecule has 0 bridgehead atoms. The molecule has 5 nitrogen and oxygen atoms in total. The molecule has 1 heterocycles. The van der Waals surface area contributed by atoms with Crippen LogP contribution in [0.4, 0.5) is 0 Å².